The van der Waals surface area contributed by atoms with Crippen molar-refractivity contribution in [3.8, 4) is 5.75 Å². The maximum Gasteiger partial charge on any atom is 0.236 e. The molecule has 2 amide bonds. The molecule has 3 heterocycles. The van der Waals surface area contributed by atoms with Gasteiger partial charge in [-0.05, 0) is 25.0 Å². The van der Waals surface area contributed by atoms with Crippen LogP contribution < -0.4 is 10.1 Å². The molecule has 1 unspecified atom stereocenters. The van der Waals surface area contributed by atoms with Gasteiger partial charge in [0.25, 0.3) is 0 Å². The number of hydrogen-bond donors (Lipinski definition) is 1. The van der Waals surface area contributed by atoms with Gasteiger partial charge < -0.3 is 15.0 Å². The molecular weight excluding hydrogens is 447 g/mol. The molecule has 2 aromatic rings. The lowest BCUT2D eigenvalue weighted by Gasteiger charge is -2.38. The molecule has 35 heavy (non-hydrogen) atoms. The number of nitrogens with zero attached hydrogens (tertiary/aromatic N) is 3. The van der Waals surface area contributed by atoms with E-state index in [9.17, 15) is 14.0 Å². The zero-order chi connectivity index (χ0) is 24.2. The van der Waals surface area contributed by atoms with E-state index < -0.39 is 6.10 Å². The summed E-state index contributed by atoms with van der Waals surface area (Å²) in [5.74, 6) is 0.664. The Morgan fingerprint density at radius 3 is 2.63 bits per heavy atom. The van der Waals surface area contributed by atoms with Crippen LogP contribution in [0.25, 0.3) is 0 Å². The third-order valence-corrected chi connectivity index (χ3v) is 7.35. The van der Waals surface area contributed by atoms with Crippen LogP contribution in [0.1, 0.15) is 36.5 Å². The smallest absolute Gasteiger partial charge is 0.236 e. The van der Waals surface area contributed by atoms with E-state index in [1.54, 1.807) is 12.1 Å². The first-order valence-corrected chi connectivity index (χ1v) is 12.6. The van der Waals surface area contributed by atoms with Gasteiger partial charge in [0.2, 0.25) is 11.8 Å². The first-order valence-electron chi connectivity index (χ1n) is 12.6. The number of rotatable bonds is 4. The molecule has 1 N–H and O–H groups in total. The maximum absolute atomic E-state index is 14.6. The molecule has 0 radical (unpaired) electrons. The number of halogens is 1. The topological polar surface area (TPSA) is 65.1 Å². The zero-order valence-electron chi connectivity index (χ0n) is 20.0. The minimum atomic E-state index is -0.488. The predicted molar refractivity (Wildman–Crippen MR) is 130 cm³/mol. The third-order valence-electron chi connectivity index (χ3n) is 7.35. The van der Waals surface area contributed by atoms with Gasteiger partial charge in [-0.1, -0.05) is 36.4 Å². The van der Waals surface area contributed by atoms with E-state index in [2.05, 4.69) is 15.1 Å². The number of amides is 2. The van der Waals surface area contributed by atoms with Crippen LogP contribution in [0.3, 0.4) is 0 Å². The molecule has 8 heteroatoms. The van der Waals surface area contributed by atoms with Crippen LogP contribution in [0, 0.1) is 5.82 Å². The number of ether oxygens (including phenoxy) is 1. The summed E-state index contributed by atoms with van der Waals surface area (Å²) in [5.41, 5.74) is 1.51. The fraction of sp³-hybridized carbons (Fsp3) is 0.481. The monoisotopic (exact) mass is 480 g/mol. The van der Waals surface area contributed by atoms with Crippen LogP contribution >= 0.6 is 0 Å². The van der Waals surface area contributed by atoms with Crippen molar-refractivity contribution in [2.45, 2.75) is 38.0 Å². The number of nitrogens with one attached hydrogen (secondary N) is 1. The summed E-state index contributed by atoms with van der Waals surface area (Å²) in [4.78, 5) is 31.3. The van der Waals surface area contributed by atoms with Gasteiger partial charge in [0.15, 0.2) is 0 Å². The van der Waals surface area contributed by atoms with E-state index in [1.807, 2.05) is 35.2 Å². The van der Waals surface area contributed by atoms with Crippen molar-refractivity contribution < 1.29 is 18.7 Å². The summed E-state index contributed by atoms with van der Waals surface area (Å²) in [6.45, 7) is 5.09. The highest BCUT2D eigenvalue weighted by Gasteiger charge is 2.31. The largest absolute Gasteiger partial charge is 0.484 e. The molecular formula is C27H33FN4O3. The Balaban J connectivity index is 1.23. The van der Waals surface area contributed by atoms with Crippen LogP contribution in [0.5, 0.6) is 5.75 Å². The number of benzene rings is 2. The fourth-order valence-electron chi connectivity index (χ4n) is 5.42. The first-order chi connectivity index (χ1) is 17.1. The molecule has 1 atom stereocenters. The molecule has 7 nitrogen and oxygen atoms in total. The first kappa shape index (κ1) is 23.8. The summed E-state index contributed by atoms with van der Waals surface area (Å²) in [6.07, 6.45) is 1.90. The number of para-hydroxylation sites is 1. The van der Waals surface area contributed by atoms with Crippen molar-refractivity contribution in [1.29, 1.82) is 0 Å². The van der Waals surface area contributed by atoms with Gasteiger partial charge in [0.1, 0.15) is 17.7 Å². The van der Waals surface area contributed by atoms with Crippen molar-refractivity contribution in [1.82, 2.24) is 20.0 Å². The number of piperidine rings is 1. The van der Waals surface area contributed by atoms with E-state index in [4.69, 9.17) is 4.74 Å². The van der Waals surface area contributed by atoms with E-state index in [0.717, 1.165) is 50.3 Å². The second-order valence-electron chi connectivity index (χ2n) is 9.65. The quantitative estimate of drug-likeness (QED) is 0.729. The minimum Gasteiger partial charge on any atom is -0.484 e. The van der Waals surface area contributed by atoms with Crippen molar-refractivity contribution >= 4 is 11.8 Å². The van der Waals surface area contributed by atoms with Gasteiger partial charge in [0.05, 0.1) is 6.54 Å². The lowest BCUT2D eigenvalue weighted by Crippen LogP contribution is -2.49. The third kappa shape index (κ3) is 5.65. The summed E-state index contributed by atoms with van der Waals surface area (Å²) >= 11 is 0. The minimum absolute atomic E-state index is 0.0998. The molecule has 3 aliphatic heterocycles. The molecule has 2 aromatic carbocycles. The number of carbonyl (C=O) groups is 2. The van der Waals surface area contributed by atoms with E-state index in [-0.39, 0.29) is 24.2 Å². The Kier molecular flexibility index (Phi) is 7.29. The van der Waals surface area contributed by atoms with Crippen LogP contribution in [-0.4, -0.2) is 78.4 Å². The Hall–Kier alpha value is -2.97. The van der Waals surface area contributed by atoms with E-state index >= 15 is 0 Å². The van der Waals surface area contributed by atoms with Crippen molar-refractivity contribution in [2.24, 2.45) is 0 Å². The second-order valence-corrected chi connectivity index (χ2v) is 9.65. The number of hydrogen-bond acceptors (Lipinski definition) is 5. The number of likely N-dealkylation sites (tertiary alicyclic amines) is 1. The van der Waals surface area contributed by atoms with E-state index in [0.29, 0.717) is 37.7 Å². The Morgan fingerprint density at radius 1 is 1.03 bits per heavy atom. The number of fused-ring (bicyclic) bond motifs is 1. The molecule has 0 aliphatic carbocycles. The van der Waals surface area contributed by atoms with Crippen LogP contribution in [0.2, 0.25) is 0 Å². The van der Waals surface area contributed by atoms with E-state index in [1.165, 1.54) is 6.07 Å². The molecule has 5 rings (SSSR count). The fourth-order valence-corrected chi connectivity index (χ4v) is 5.42. The second kappa shape index (κ2) is 10.7. The summed E-state index contributed by atoms with van der Waals surface area (Å²) < 4.78 is 20.8. The highest BCUT2D eigenvalue weighted by atomic mass is 19.1. The summed E-state index contributed by atoms with van der Waals surface area (Å²) in [7, 11) is 0. The van der Waals surface area contributed by atoms with Gasteiger partial charge in [-0.2, -0.15) is 0 Å². The standard InChI is InChI=1S/C27H33FN4O3/c28-23-7-3-2-6-22(23)25-18-30(17-20-5-1-4-8-24(20)35-25)19-27(34)32-13-9-21(10-14-32)31-15-11-26(33)29-12-16-31/h1-8,21,25H,9-19H2,(H,29,33). The lowest BCUT2D eigenvalue weighted by molar-refractivity contribution is -0.134. The molecule has 3 aliphatic rings. The Labute approximate surface area is 205 Å². The molecule has 186 valence electrons. The van der Waals surface area contributed by atoms with Crippen LogP contribution in [-0.2, 0) is 16.1 Å². The predicted octanol–water partition coefficient (Wildman–Crippen LogP) is 2.57. The highest BCUT2D eigenvalue weighted by Crippen LogP contribution is 2.32. The molecule has 2 fully saturated rings. The molecule has 0 bridgehead atoms. The lowest BCUT2D eigenvalue weighted by atomic mass is 10.0. The highest BCUT2D eigenvalue weighted by molar-refractivity contribution is 5.78. The molecule has 0 spiro atoms. The van der Waals surface area contributed by atoms with Gasteiger partial charge >= 0.3 is 0 Å². The van der Waals surface area contributed by atoms with Gasteiger partial charge in [-0.3, -0.25) is 19.4 Å². The van der Waals surface area contributed by atoms with Crippen molar-refractivity contribution in [2.75, 3.05) is 45.8 Å². The summed E-state index contributed by atoms with van der Waals surface area (Å²) in [6, 6.07) is 14.9. The van der Waals surface area contributed by atoms with Gasteiger partial charge in [-0.25, -0.2) is 4.39 Å². The van der Waals surface area contributed by atoms with Crippen LogP contribution in [0.15, 0.2) is 48.5 Å². The average Bonchev–Trinajstić information content (AvgIpc) is 3.20. The normalized spacial score (nSPS) is 22.5. The van der Waals surface area contributed by atoms with Crippen molar-refractivity contribution in [3.05, 3.63) is 65.5 Å². The average molecular weight is 481 g/mol. The summed E-state index contributed by atoms with van der Waals surface area (Å²) in [5, 5.41) is 2.93. The van der Waals surface area contributed by atoms with Gasteiger partial charge in [0, 0.05) is 69.4 Å². The SMILES string of the molecule is O=C1CCN(C2CCN(C(=O)CN3Cc4ccccc4OC(c4ccccc4F)C3)CC2)CCN1. The van der Waals surface area contributed by atoms with Crippen molar-refractivity contribution in [3.63, 3.8) is 0 Å². The Bertz CT molecular complexity index is 1060. The zero-order valence-corrected chi connectivity index (χ0v) is 20.0. The van der Waals surface area contributed by atoms with Crippen LogP contribution in [0.4, 0.5) is 4.39 Å². The molecule has 0 aromatic heterocycles. The molecule has 2 saturated heterocycles. The van der Waals surface area contributed by atoms with Gasteiger partial charge in [-0.15, -0.1) is 0 Å². The molecule has 0 saturated carbocycles. The maximum atomic E-state index is 14.6. The number of carbonyl (C=O) groups excluding carboxylic acids is 2. The Morgan fingerprint density at radius 2 is 1.80 bits per heavy atom.